The second-order valence-corrected chi connectivity index (χ2v) is 5.87. The average molecular weight is 310 g/mol. The van der Waals surface area contributed by atoms with Crippen molar-refractivity contribution in [3.63, 3.8) is 0 Å². The number of aliphatic hydroxyl groups excluding tert-OH is 1. The second kappa shape index (κ2) is 6.09. The first-order chi connectivity index (χ1) is 8.69. The van der Waals surface area contributed by atoms with Crippen molar-refractivity contribution in [3.8, 4) is 0 Å². The maximum Gasteiger partial charge on any atom is 0.426 e. The zero-order valence-electron chi connectivity index (χ0n) is 11.8. The van der Waals surface area contributed by atoms with Crippen LogP contribution in [0.4, 0.5) is 26.3 Å². The molecule has 0 aliphatic rings. The summed E-state index contributed by atoms with van der Waals surface area (Å²) in [5.74, 6) is -0.899. The van der Waals surface area contributed by atoms with Crippen molar-refractivity contribution in [2.24, 2.45) is 11.3 Å². The van der Waals surface area contributed by atoms with E-state index >= 15 is 0 Å². The lowest BCUT2D eigenvalue weighted by Gasteiger charge is -2.41. The molecule has 0 amide bonds. The predicted octanol–water partition coefficient (Wildman–Crippen LogP) is 3.93. The number of aliphatic hydroxyl groups is 1. The third-order valence-electron chi connectivity index (χ3n) is 3.43. The molecular formula is C12H20F6O2. The molecule has 1 unspecified atom stereocenters. The lowest BCUT2D eigenvalue weighted by molar-refractivity contribution is -0.387. The molecule has 122 valence electrons. The summed E-state index contributed by atoms with van der Waals surface area (Å²) in [7, 11) is 0. The molecule has 0 saturated heterocycles. The smallest absolute Gasteiger partial charge is 0.394 e. The zero-order chi connectivity index (χ0) is 16.4. The molecule has 0 aromatic rings. The first kappa shape index (κ1) is 19.5. The molecule has 0 aliphatic carbocycles. The van der Waals surface area contributed by atoms with Crippen molar-refractivity contribution in [1.29, 1.82) is 0 Å². The van der Waals surface area contributed by atoms with E-state index in [1.807, 2.05) is 0 Å². The second-order valence-electron chi connectivity index (χ2n) is 5.87. The molecule has 2 nitrogen and oxygen atoms in total. The Hall–Kier alpha value is -0.500. The number of ether oxygens (including phenoxy) is 1. The largest absolute Gasteiger partial charge is 0.426 e. The topological polar surface area (TPSA) is 29.5 Å². The molecule has 8 heteroatoms. The third-order valence-corrected chi connectivity index (χ3v) is 3.43. The van der Waals surface area contributed by atoms with E-state index in [9.17, 15) is 26.3 Å². The Morgan fingerprint density at radius 2 is 1.35 bits per heavy atom. The minimum absolute atomic E-state index is 0.746. The highest BCUT2D eigenvalue weighted by atomic mass is 19.4. The molecule has 0 saturated carbocycles. The number of alkyl halides is 6. The molecule has 0 aromatic heterocycles. The van der Waals surface area contributed by atoms with Crippen molar-refractivity contribution < 1.29 is 36.2 Å². The number of hydrogen-bond donors (Lipinski definition) is 1. The predicted molar refractivity (Wildman–Crippen MR) is 61.1 cm³/mol. The molecule has 0 fully saturated rings. The highest BCUT2D eigenvalue weighted by Crippen LogP contribution is 2.51. The van der Waals surface area contributed by atoms with Gasteiger partial charge in [-0.25, -0.2) is 0 Å². The van der Waals surface area contributed by atoms with Gasteiger partial charge >= 0.3 is 12.4 Å². The maximum atomic E-state index is 13.0. The number of hydrogen-bond acceptors (Lipinski definition) is 2. The Bertz CT molecular complexity index is 289. The fourth-order valence-electron chi connectivity index (χ4n) is 1.57. The van der Waals surface area contributed by atoms with Gasteiger partial charge in [0.05, 0.1) is 13.2 Å². The fourth-order valence-corrected chi connectivity index (χ4v) is 1.57. The van der Waals surface area contributed by atoms with Crippen LogP contribution in [-0.2, 0) is 4.74 Å². The van der Waals surface area contributed by atoms with E-state index in [-0.39, 0.29) is 0 Å². The molecular weight excluding hydrogens is 290 g/mol. The van der Waals surface area contributed by atoms with Gasteiger partial charge in [-0.05, 0) is 17.8 Å². The van der Waals surface area contributed by atoms with Gasteiger partial charge < -0.3 is 9.84 Å². The van der Waals surface area contributed by atoms with Crippen LogP contribution in [0.25, 0.3) is 0 Å². The van der Waals surface area contributed by atoms with Gasteiger partial charge in [0.25, 0.3) is 5.60 Å². The lowest BCUT2D eigenvalue weighted by Crippen LogP contribution is -2.60. The molecule has 0 aliphatic heterocycles. The van der Waals surface area contributed by atoms with Crippen LogP contribution in [0.5, 0.6) is 0 Å². The molecule has 1 atom stereocenters. The standard InChI is InChI=1S/C12H20F6O2/c1-8(9(2,3)4)7-10(11(13,14)15,12(16,17)18)20-6-5-19/h8,19H,5-7H2,1-4H3. The third kappa shape index (κ3) is 4.25. The van der Waals surface area contributed by atoms with E-state index in [4.69, 9.17) is 5.11 Å². The fraction of sp³-hybridized carbons (Fsp3) is 1.00. The van der Waals surface area contributed by atoms with Crippen molar-refractivity contribution in [2.45, 2.75) is 52.1 Å². The van der Waals surface area contributed by atoms with E-state index in [2.05, 4.69) is 4.74 Å². The average Bonchev–Trinajstić information content (AvgIpc) is 2.18. The number of halogens is 6. The van der Waals surface area contributed by atoms with Crippen LogP contribution in [0.3, 0.4) is 0 Å². The van der Waals surface area contributed by atoms with Crippen LogP contribution >= 0.6 is 0 Å². The Balaban J connectivity index is 5.64. The Morgan fingerprint density at radius 1 is 0.950 bits per heavy atom. The molecule has 0 radical (unpaired) electrons. The van der Waals surface area contributed by atoms with E-state index in [1.54, 1.807) is 20.8 Å². The summed E-state index contributed by atoms with van der Waals surface area (Å²) in [6.07, 6.45) is -12.5. The molecule has 0 spiro atoms. The molecule has 20 heavy (non-hydrogen) atoms. The summed E-state index contributed by atoms with van der Waals surface area (Å²) in [4.78, 5) is 0. The molecule has 0 aromatic carbocycles. The van der Waals surface area contributed by atoms with Gasteiger partial charge in [0, 0.05) is 0 Å². The quantitative estimate of drug-likeness (QED) is 0.780. The summed E-state index contributed by atoms with van der Waals surface area (Å²) in [6.45, 7) is 4.03. The van der Waals surface area contributed by atoms with Crippen molar-refractivity contribution in [2.75, 3.05) is 13.2 Å². The van der Waals surface area contributed by atoms with Crippen LogP contribution in [0.15, 0.2) is 0 Å². The molecule has 0 bridgehead atoms. The summed E-state index contributed by atoms with van der Waals surface area (Å²) in [6, 6.07) is 0. The van der Waals surface area contributed by atoms with Crippen LogP contribution in [0.2, 0.25) is 0 Å². The van der Waals surface area contributed by atoms with Crippen LogP contribution < -0.4 is 0 Å². The van der Waals surface area contributed by atoms with Gasteiger partial charge in [0.1, 0.15) is 0 Å². The summed E-state index contributed by atoms with van der Waals surface area (Å²) < 4.78 is 82.2. The highest BCUT2D eigenvalue weighted by molar-refractivity contribution is 4.98. The van der Waals surface area contributed by atoms with Gasteiger partial charge in [-0.1, -0.05) is 27.7 Å². The normalized spacial score (nSPS) is 16.4. The Morgan fingerprint density at radius 3 is 1.60 bits per heavy atom. The SMILES string of the molecule is CC(CC(OCCO)(C(F)(F)F)C(F)(F)F)C(C)(C)C. The van der Waals surface area contributed by atoms with Gasteiger partial charge in [0.15, 0.2) is 0 Å². The Labute approximate surface area is 114 Å². The van der Waals surface area contributed by atoms with Crippen LogP contribution in [0.1, 0.15) is 34.1 Å². The van der Waals surface area contributed by atoms with Crippen molar-refractivity contribution in [3.05, 3.63) is 0 Å². The van der Waals surface area contributed by atoms with E-state index < -0.39 is 48.9 Å². The first-order valence-corrected chi connectivity index (χ1v) is 6.07. The van der Waals surface area contributed by atoms with E-state index in [1.165, 1.54) is 6.92 Å². The van der Waals surface area contributed by atoms with Crippen LogP contribution in [-0.4, -0.2) is 36.3 Å². The minimum atomic E-state index is -5.61. The van der Waals surface area contributed by atoms with E-state index in [0.29, 0.717) is 0 Å². The van der Waals surface area contributed by atoms with Gasteiger partial charge in [-0.2, -0.15) is 26.3 Å². The highest BCUT2D eigenvalue weighted by Gasteiger charge is 2.72. The first-order valence-electron chi connectivity index (χ1n) is 6.07. The summed E-state index contributed by atoms with van der Waals surface area (Å²) in [5.41, 5.74) is -5.00. The summed E-state index contributed by atoms with van der Waals surface area (Å²) >= 11 is 0. The van der Waals surface area contributed by atoms with Crippen molar-refractivity contribution >= 4 is 0 Å². The van der Waals surface area contributed by atoms with Gasteiger partial charge in [-0.15, -0.1) is 0 Å². The van der Waals surface area contributed by atoms with Gasteiger partial charge in [-0.3, -0.25) is 0 Å². The number of rotatable bonds is 5. The Kier molecular flexibility index (Phi) is 5.94. The van der Waals surface area contributed by atoms with Crippen LogP contribution in [0, 0.1) is 11.3 Å². The molecule has 0 rings (SSSR count). The summed E-state index contributed by atoms with van der Waals surface area (Å²) in [5, 5.41) is 8.50. The monoisotopic (exact) mass is 310 g/mol. The molecule has 1 N–H and O–H groups in total. The maximum absolute atomic E-state index is 13.0. The van der Waals surface area contributed by atoms with Crippen molar-refractivity contribution in [1.82, 2.24) is 0 Å². The van der Waals surface area contributed by atoms with E-state index in [0.717, 1.165) is 0 Å². The van der Waals surface area contributed by atoms with Gasteiger partial charge in [0.2, 0.25) is 0 Å². The lowest BCUT2D eigenvalue weighted by atomic mass is 9.75. The molecule has 0 heterocycles. The minimum Gasteiger partial charge on any atom is -0.394 e. The zero-order valence-corrected chi connectivity index (χ0v) is 11.8.